The molecule has 7 nitrogen and oxygen atoms in total. The number of pyridine rings is 1. The molecule has 33 heavy (non-hydrogen) atoms. The highest BCUT2D eigenvalue weighted by atomic mass is 35.5. The molecular formula is C24H22ClN3O4S. The van der Waals surface area contributed by atoms with Gasteiger partial charge in [0.1, 0.15) is 15.8 Å². The molecule has 1 amide bonds. The number of aromatic nitrogens is 1. The number of nitrogens with zero attached hydrogens (tertiary/aromatic N) is 3. The fourth-order valence-corrected chi connectivity index (χ4v) is 5.04. The van der Waals surface area contributed by atoms with Gasteiger partial charge in [0, 0.05) is 18.1 Å². The summed E-state index contributed by atoms with van der Waals surface area (Å²) in [6, 6.07) is 19.6. The Bertz CT molecular complexity index is 1350. The van der Waals surface area contributed by atoms with Gasteiger partial charge in [0.05, 0.1) is 25.0 Å². The van der Waals surface area contributed by atoms with E-state index in [4.69, 9.17) is 16.0 Å². The summed E-state index contributed by atoms with van der Waals surface area (Å²) in [5.41, 5.74) is 0.726. The van der Waals surface area contributed by atoms with Crippen LogP contribution in [0.5, 0.6) is 0 Å². The molecule has 9 heteroatoms. The van der Waals surface area contributed by atoms with E-state index in [9.17, 15) is 13.2 Å². The Hall–Kier alpha value is -3.20. The van der Waals surface area contributed by atoms with Crippen molar-refractivity contribution in [2.45, 2.75) is 18.4 Å². The molecule has 0 saturated heterocycles. The van der Waals surface area contributed by atoms with Gasteiger partial charge in [-0.05, 0) is 42.6 Å². The van der Waals surface area contributed by atoms with Gasteiger partial charge in [0.2, 0.25) is 15.9 Å². The van der Waals surface area contributed by atoms with Crippen LogP contribution in [0.15, 0.2) is 88.5 Å². The lowest BCUT2D eigenvalue weighted by atomic mass is 10.1. The Labute approximate surface area is 197 Å². The van der Waals surface area contributed by atoms with Crippen molar-refractivity contribution in [3.8, 4) is 0 Å². The molecule has 170 valence electrons. The van der Waals surface area contributed by atoms with Crippen molar-refractivity contribution < 1.29 is 17.6 Å². The molecule has 0 saturated carbocycles. The Morgan fingerprint density at radius 3 is 2.52 bits per heavy atom. The maximum atomic E-state index is 13.4. The van der Waals surface area contributed by atoms with E-state index in [1.807, 2.05) is 49.4 Å². The average Bonchev–Trinajstić information content (AvgIpc) is 3.33. The molecule has 2 aromatic carbocycles. The molecule has 0 aliphatic rings. The average molecular weight is 484 g/mol. The number of halogens is 1. The van der Waals surface area contributed by atoms with Crippen LogP contribution >= 0.6 is 11.6 Å². The number of fused-ring (bicyclic) bond motifs is 1. The van der Waals surface area contributed by atoms with Crippen LogP contribution in [0.2, 0.25) is 5.15 Å². The molecule has 0 N–H and O–H groups in total. The van der Waals surface area contributed by atoms with Gasteiger partial charge in [-0.1, -0.05) is 48.0 Å². The lowest BCUT2D eigenvalue weighted by molar-refractivity contribution is -0.118. The topological polar surface area (TPSA) is 83.7 Å². The Kier molecular flexibility index (Phi) is 6.78. The third-order valence-electron chi connectivity index (χ3n) is 5.24. The van der Waals surface area contributed by atoms with Gasteiger partial charge in [-0.3, -0.25) is 4.79 Å². The third-order valence-corrected chi connectivity index (χ3v) is 7.24. The molecular weight excluding hydrogens is 462 g/mol. The van der Waals surface area contributed by atoms with Crippen LogP contribution in [-0.4, -0.2) is 36.7 Å². The molecule has 0 aliphatic heterocycles. The van der Waals surface area contributed by atoms with Gasteiger partial charge in [-0.25, -0.2) is 13.4 Å². The molecule has 2 aromatic heterocycles. The molecule has 0 atom stereocenters. The van der Waals surface area contributed by atoms with E-state index in [0.29, 0.717) is 12.3 Å². The first-order valence-corrected chi connectivity index (χ1v) is 12.1. The first-order valence-electron chi connectivity index (χ1n) is 10.3. The molecule has 4 rings (SSSR count). The molecule has 0 spiro atoms. The fraction of sp³-hybridized carbons (Fsp3) is 0.167. The van der Waals surface area contributed by atoms with Crippen LogP contribution < -0.4 is 4.90 Å². The number of hydrogen-bond donors (Lipinski definition) is 0. The minimum absolute atomic E-state index is 0.0561. The normalized spacial score (nSPS) is 11.7. The molecule has 0 radical (unpaired) electrons. The number of sulfonamides is 1. The molecule has 2 heterocycles. The van der Waals surface area contributed by atoms with Crippen LogP contribution in [0.1, 0.15) is 12.7 Å². The highest BCUT2D eigenvalue weighted by Crippen LogP contribution is 2.27. The maximum Gasteiger partial charge on any atom is 0.245 e. The second-order valence-electron chi connectivity index (χ2n) is 7.31. The van der Waals surface area contributed by atoms with Gasteiger partial charge < -0.3 is 9.32 Å². The highest BCUT2D eigenvalue weighted by molar-refractivity contribution is 7.89. The molecule has 0 bridgehead atoms. The van der Waals surface area contributed by atoms with Gasteiger partial charge in [0.15, 0.2) is 0 Å². The minimum Gasteiger partial charge on any atom is -0.468 e. The van der Waals surface area contributed by atoms with E-state index in [2.05, 4.69) is 4.98 Å². The second-order valence-corrected chi connectivity index (χ2v) is 9.63. The minimum atomic E-state index is -4.05. The van der Waals surface area contributed by atoms with Gasteiger partial charge in [-0.15, -0.1) is 0 Å². The van der Waals surface area contributed by atoms with Crippen LogP contribution in [-0.2, 0) is 21.4 Å². The monoisotopic (exact) mass is 483 g/mol. The molecule has 0 fully saturated rings. The summed E-state index contributed by atoms with van der Waals surface area (Å²) in [6.07, 6.45) is 2.64. The quantitative estimate of drug-likeness (QED) is 0.338. The van der Waals surface area contributed by atoms with Crippen LogP contribution in [0.3, 0.4) is 0 Å². The largest absolute Gasteiger partial charge is 0.468 e. The predicted molar refractivity (Wildman–Crippen MR) is 128 cm³/mol. The van der Waals surface area contributed by atoms with Crippen molar-refractivity contribution in [2.75, 3.05) is 18.0 Å². The summed E-state index contributed by atoms with van der Waals surface area (Å²) in [7, 11) is -4.05. The number of benzene rings is 2. The van der Waals surface area contributed by atoms with Crippen molar-refractivity contribution in [2.24, 2.45) is 0 Å². The number of rotatable bonds is 8. The van der Waals surface area contributed by atoms with Crippen LogP contribution in [0, 0.1) is 0 Å². The smallest absolute Gasteiger partial charge is 0.245 e. The summed E-state index contributed by atoms with van der Waals surface area (Å²) in [5, 5.41) is 2.09. The first-order chi connectivity index (χ1) is 15.9. The summed E-state index contributed by atoms with van der Waals surface area (Å²) in [4.78, 5) is 18.9. The zero-order valence-corrected chi connectivity index (χ0v) is 19.5. The van der Waals surface area contributed by atoms with Crippen LogP contribution in [0.25, 0.3) is 10.8 Å². The summed E-state index contributed by atoms with van der Waals surface area (Å²) < 4.78 is 33.2. The number of likely N-dealkylation sites (N-methyl/N-ethyl adjacent to an activating group) is 1. The van der Waals surface area contributed by atoms with Gasteiger partial charge in [-0.2, -0.15) is 4.31 Å². The van der Waals surface area contributed by atoms with E-state index >= 15 is 0 Å². The summed E-state index contributed by atoms with van der Waals surface area (Å²) in [5.74, 6) is 0.0624. The van der Waals surface area contributed by atoms with E-state index in [-0.39, 0.29) is 29.0 Å². The highest BCUT2D eigenvalue weighted by Gasteiger charge is 2.30. The van der Waals surface area contributed by atoms with Crippen molar-refractivity contribution in [1.82, 2.24) is 9.29 Å². The predicted octanol–water partition coefficient (Wildman–Crippen LogP) is 4.73. The van der Waals surface area contributed by atoms with Gasteiger partial charge in [0.25, 0.3) is 0 Å². The number of anilines is 1. The standard InChI is InChI=1S/C24H22ClN3O4S/c1-2-28(22-11-5-8-18-7-3-4-10-21(18)22)24(29)17-27(16-19-9-6-14-32-19)33(30,31)20-12-13-23(25)26-15-20/h3-15H,2,16-17H2,1H3. The summed E-state index contributed by atoms with van der Waals surface area (Å²) >= 11 is 5.82. The Balaban J connectivity index is 1.68. The lowest BCUT2D eigenvalue weighted by Crippen LogP contribution is -2.42. The van der Waals surface area contributed by atoms with E-state index < -0.39 is 10.0 Å². The molecule has 0 aliphatic carbocycles. The van der Waals surface area contributed by atoms with Gasteiger partial charge >= 0.3 is 0 Å². The fourth-order valence-electron chi connectivity index (χ4n) is 3.63. The third kappa shape index (κ3) is 4.93. The number of carbonyl (C=O) groups is 1. The number of amides is 1. The number of carbonyl (C=O) groups excluding carboxylic acids is 1. The van der Waals surface area contributed by atoms with Crippen molar-refractivity contribution in [3.63, 3.8) is 0 Å². The zero-order valence-electron chi connectivity index (χ0n) is 17.9. The van der Waals surface area contributed by atoms with Crippen LogP contribution in [0.4, 0.5) is 5.69 Å². The van der Waals surface area contributed by atoms with Crippen molar-refractivity contribution in [1.29, 1.82) is 0 Å². The number of hydrogen-bond acceptors (Lipinski definition) is 5. The lowest BCUT2D eigenvalue weighted by Gasteiger charge is -2.27. The van der Waals surface area contributed by atoms with E-state index in [1.165, 1.54) is 24.6 Å². The Morgan fingerprint density at radius 2 is 1.82 bits per heavy atom. The second kappa shape index (κ2) is 9.74. The van der Waals surface area contributed by atoms with E-state index in [1.54, 1.807) is 17.0 Å². The van der Waals surface area contributed by atoms with Crippen molar-refractivity contribution >= 4 is 44.0 Å². The maximum absolute atomic E-state index is 13.4. The van der Waals surface area contributed by atoms with E-state index in [0.717, 1.165) is 20.8 Å². The SMILES string of the molecule is CCN(C(=O)CN(Cc1ccco1)S(=O)(=O)c1ccc(Cl)nc1)c1cccc2ccccc12. The first kappa shape index (κ1) is 23.0. The zero-order chi connectivity index (χ0) is 23.4. The molecule has 4 aromatic rings. The number of furan rings is 1. The molecule has 0 unspecified atom stereocenters. The van der Waals surface area contributed by atoms with Crippen molar-refractivity contribution in [3.05, 3.63) is 90.1 Å². The summed E-state index contributed by atoms with van der Waals surface area (Å²) in [6.45, 7) is 1.76. The Morgan fingerprint density at radius 1 is 1.03 bits per heavy atom.